The van der Waals surface area contributed by atoms with Crippen LogP contribution in [-0.4, -0.2) is 10.2 Å². The van der Waals surface area contributed by atoms with Crippen molar-refractivity contribution in [3.8, 4) is 11.5 Å². The quantitative estimate of drug-likeness (QED) is 0.277. The second-order valence-electron chi connectivity index (χ2n) is 4.62. The SMILES string of the molecule is Oc1c(F)c(F)c2c(F)c3c(F)c(F)c(F)c(O)c3cc2c1F. The molecule has 0 aliphatic carbocycles. The van der Waals surface area contributed by atoms with Crippen LogP contribution in [0.5, 0.6) is 11.5 Å². The molecule has 0 unspecified atom stereocenters. The van der Waals surface area contributed by atoms with E-state index in [1.165, 1.54) is 0 Å². The molecule has 23 heavy (non-hydrogen) atoms. The molecular formula is C14H3F7O2. The third kappa shape index (κ3) is 1.76. The average molecular weight is 336 g/mol. The number of benzene rings is 3. The van der Waals surface area contributed by atoms with Crippen molar-refractivity contribution in [2.45, 2.75) is 0 Å². The van der Waals surface area contributed by atoms with Crippen LogP contribution < -0.4 is 0 Å². The highest BCUT2D eigenvalue weighted by atomic mass is 19.2. The zero-order chi connectivity index (χ0) is 17.2. The number of hydrogen-bond donors (Lipinski definition) is 2. The molecule has 0 amide bonds. The highest BCUT2D eigenvalue weighted by Gasteiger charge is 2.28. The molecule has 0 aromatic heterocycles. The van der Waals surface area contributed by atoms with Crippen molar-refractivity contribution < 1.29 is 40.9 Å². The Bertz CT molecular complexity index is 936. The second-order valence-corrected chi connectivity index (χ2v) is 4.62. The molecule has 3 aromatic rings. The van der Waals surface area contributed by atoms with Gasteiger partial charge in [-0.25, -0.2) is 22.0 Å². The molecule has 0 spiro atoms. The summed E-state index contributed by atoms with van der Waals surface area (Å²) in [6, 6.07) is 0.367. The van der Waals surface area contributed by atoms with Crippen molar-refractivity contribution in [1.29, 1.82) is 0 Å². The minimum atomic E-state index is -2.24. The molecule has 0 saturated carbocycles. The maximum atomic E-state index is 14.3. The lowest BCUT2D eigenvalue weighted by Crippen LogP contribution is -2.00. The summed E-state index contributed by atoms with van der Waals surface area (Å²) in [6.07, 6.45) is 0. The number of halogens is 7. The summed E-state index contributed by atoms with van der Waals surface area (Å²) in [6.45, 7) is 0. The molecule has 120 valence electrons. The molecule has 0 aliphatic rings. The molecule has 0 aliphatic heterocycles. The zero-order valence-electron chi connectivity index (χ0n) is 10.6. The molecule has 0 fully saturated rings. The first-order chi connectivity index (χ1) is 10.7. The summed E-state index contributed by atoms with van der Waals surface area (Å²) >= 11 is 0. The van der Waals surface area contributed by atoms with Crippen molar-refractivity contribution in [3.63, 3.8) is 0 Å². The summed E-state index contributed by atoms with van der Waals surface area (Å²) in [5, 5.41) is 13.6. The first-order valence-electron chi connectivity index (χ1n) is 5.85. The van der Waals surface area contributed by atoms with Crippen LogP contribution in [0.15, 0.2) is 6.07 Å². The Morgan fingerprint density at radius 1 is 0.478 bits per heavy atom. The number of aromatic hydroxyl groups is 2. The lowest BCUT2D eigenvalue weighted by molar-refractivity contribution is 0.381. The van der Waals surface area contributed by atoms with Gasteiger partial charge in [0.25, 0.3) is 0 Å². The molecule has 0 saturated heterocycles. The highest BCUT2D eigenvalue weighted by molar-refractivity contribution is 6.03. The maximum absolute atomic E-state index is 14.3. The third-order valence-electron chi connectivity index (χ3n) is 3.40. The molecule has 3 aromatic carbocycles. The van der Waals surface area contributed by atoms with Crippen molar-refractivity contribution in [3.05, 3.63) is 46.8 Å². The Kier molecular flexibility index (Phi) is 3.07. The molecule has 2 N–H and O–H groups in total. The van der Waals surface area contributed by atoms with Gasteiger partial charge in [0.2, 0.25) is 11.6 Å². The van der Waals surface area contributed by atoms with Crippen LogP contribution in [0.25, 0.3) is 21.5 Å². The van der Waals surface area contributed by atoms with Gasteiger partial charge in [-0.05, 0) is 6.07 Å². The first-order valence-corrected chi connectivity index (χ1v) is 5.85. The summed E-state index contributed by atoms with van der Waals surface area (Å²) in [4.78, 5) is 0. The van der Waals surface area contributed by atoms with Gasteiger partial charge in [0, 0.05) is 10.8 Å². The highest BCUT2D eigenvalue weighted by Crippen LogP contribution is 2.41. The van der Waals surface area contributed by atoms with Crippen LogP contribution >= 0.6 is 0 Å². The van der Waals surface area contributed by atoms with E-state index in [-0.39, 0.29) is 0 Å². The summed E-state index contributed by atoms with van der Waals surface area (Å²) < 4.78 is 95.4. The maximum Gasteiger partial charge on any atom is 0.204 e. The van der Waals surface area contributed by atoms with Crippen LogP contribution in [0, 0.1) is 40.7 Å². The van der Waals surface area contributed by atoms with Gasteiger partial charge < -0.3 is 10.2 Å². The van der Waals surface area contributed by atoms with Crippen molar-refractivity contribution in [2.75, 3.05) is 0 Å². The minimum absolute atomic E-state index is 0.367. The summed E-state index contributed by atoms with van der Waals surface area (Å²) in [5.74, 6) is -17.7. The van der Waals surface area contributed by atoms with Crippen molar-refractivity contribution in [1.82, 2.24) is 0 Å². The fourth-order valence-electron chi connectivity index (χ4n) is 2.31. The average Bonchev–Trinajstić information content (AvgIpc) is 2.53. The van der Waals surface area contributed by atoms with E-state index in [4.69, 9.17) is 5.11 Å². The Hall–Kier alpha value is -2.71. The molecule has 0 heterocycles. The van der Waals surface area contributed by atoms with E-state index in [1.54, 1.807) is 0 Å². The van der Waals surface area contributed by atoms with Crippen LogP contribution in [0.1, 0.15) is 0 Å². The van der Waals surface area contributed by atoms with Gasteiger partial charge in [-0.1, -0.05) is 0 Å². The summed E-state index contributed by atoms with van der Waals surface area (Å²) in [5.41, 5.74) is 0. The lowest BCUT2D eigenvalue weighted by Gasteiger charge is -2.12. The van der Waals surface area contributed by atoms with E-state index in [1.807, 2.05) is 0 Å². The van der Waals surface area contributed by atoms with Gasteiger partial charge in [0.05, 0.1) is 10.8 Å². The molecule has 0 bridgehead atoms. The van der Waals surface area contributed by atoms with Crippen molar-refractivity contribution >= 4 is 21.5 Å². The molecule has 9 heteroatoms. The molecule has 0 atom stereocenters. The van der Waals surface area contributed by atoms with Crippen LogP contribution in [0.2, 0.25) is 0 Å². The van der Waals surface area contributed by atoms with E-state index in [2.05, 4.69) is 0 Å². The number of rotatable bonds is 0. The molecule has 3 rings (SSSR count). The van der Waals surface area contributed by atoms with E-state index in [0.29, 0.717) is 6.07 Å². The number of hydrogen-bond acceptors (Lipinski definition) is 2. The molecule has 0 radical (unpaired) electrons. The number of phenols is 2. The Labute approximate surface area is 122 Å². The van der Waals surface area contributed by atoms with Gasteiger partial charge in [-0.15, -0.1) is 0 Å². The van der Waals surface area contributed by atoms with E-state index < -0.39 is 73.8 Å². The standard InChI is InChI=1S/C14H3F7O2/c15-6-2-1-3-5(8(17)10(19)12(21)13(3)22)7(16)4(2)9(18)11(20)14(6)23/h1,22-23H. The minimum Gasteiger partial charge on any atom is -0.504 e. The summed E-state index contributed by atoms with van der Waals surface area (Å²) in [7, 11) is 0. The van der Waals surface area contributed by atoms with Gasteiger partial charge in [0.15, 0.2) is 34.8 Å². The normalized spacial score (nSPS) is 11.6. The Morgan fingerprint density at radius 3 is 1.57 bits per heavy atom. The van der Waals surface area contributed by atoms with Crippen LogP contribution in [0.4, 0.5) is 30.7 Å². The van der Waals surface area contributed by atoms with E-state index >= 15 is 0 Å². The fourth-order valence-corrected chi connectivity index (χ4v) is 2.31. The predicted octanol–water partition coefficient (Wildman–Crippen LogP) is 4.38. The van der Waals surface area contributed by atoms with E-state index in [0.717, 1.165) is 0 Å². The van der Waals surface area contributed by atoms with Gasteiger partial charge in [-0.2, -0.15) is 8.78 Å². The first kappa shape index (κ1) is 15.2. The molecular weight excluding hydrogens is 333 g/mol. The number of fused-ring (bicyclic) bond motifs is 2. The van der Waals surface area contributed by atoms with Crippen molar-refractivity contribution in [2.24, 2.45) is 0 Å². The topological polar surface area (TPSA) is 40.5 Å². The van der Waals surface area contributed by atoms with Gasteiger partial charge in [-0.3, -0.25) is 0 Å². The van der Waals surface area contributed by atoms with Gasteiger partial charge in [0.1, 0.15) is 5.82 Å². The Balaban J connectivity index is 2.73. The third-order valence-corrected chi connectivity index (χ3v) is 3.40. The van der Waals surface area contributed by atoms with Crippen LogP contribution in [0.3, 0.4) is 0 Å². The monoisotopic (exact) mass is 336 g/mol. The lowest BCUT2D eigenvalue weighted by atomic mass is 9.99. The fraction of sp³-hybridized carbons (Fsp3) is 0. The zero-order valence-corrected chi connectivity index (χ0v) is 10.6. The number of phenolic OH excluding ortho intramolecular Hbond substituents is 2. The predicted molar refractivity (Wildman–Crippen MR) is 64.5 cm³/mol. The van der Waals surface area contributed by atoms with Gasteiger partial charge >= 0.3 is 0 Å². The largest absolute Gasteiger partial charge is 0.504 e. The second kappa shape index (κ2) is 4.64. The van der Waals surface area contributed by atoms with E-state index in [9.17, 15) is 35.8 Å². The smallest absolute Gasteiger partial charge is 0.204 e. The van der Waals surface area contributed by atoms with Crippen LogP contribution in [-0.2, 0) is 0 Å². The Morgan fingerprint density at radius 2 is 0.957 bits per heavy atom. The molecule has 2 nitrogen and oxygen atoms in total.